The Hall–Kier alpha value is -2.31. The maximum atomic E-state index is 13.7. The average molecular weight is 498 g/mol. The predicted molar refractivity (Wildman–Crippen MR) is 141 cm³/mol. The van der Waals surface area contributed by atoms with E-state index in [0.29, 0.717) is 12.5 Å². The van der Waals surface area contributed by atoms with Crippen molar-refractivity contribution >= 4 is 23.6 Å². The summed E-state index contributed by atoms with van der Waals surface area (Å²) < 4.78 is 11.7. The summed E-state index contributed by atoms with van der Waals surface area (Å²) >= 11 is 1.52. The molecule has 0 heterocycles. The number of benzene rings is 2. The summed E-state index contributed by atoms with van der Waals surface area (Å²) in [5, 5.41) is 2.54. The largest absolute Gasteiger partial charge is 0.460 e. The number of nitrogens with one attached hydrogen (secondary N) is 1. The molecule has 2 aromatic carbocycles. The fourth-order valence-electron chi connectivity index (χ4n) is 5.15. The number of thioether (sulfide) groups is 1. The van der Waals surface area contributed by atoms with Gasteiger partial charge < -0.3 is 14.8 Å². The van der Waals surface area contributed by atoms with Crippen LogP contribution >= 0.6 is 11.8 Å². The number of methoxy groups -OCH3 is 1. The van der Waals surface area contributed by atoms with Crippen LogP contribution in [-0.2, 0) is 24.5 Å². The molecule has 35 heavy (non-hydrogen) atoms. The van der Waals surface area contributed by atoms with Crippen LogP contribution in [0.25, 0.3) is 0 Å². The highest BCUT2D eigenvalue weighted by Crippen LogP contribution is 2.44. The molecule has 0 spiro atoms. The minimum Gasteiger partial charge on any atom is -0.460 e. The van der Waals surface area contributed by atoms with Gasteiger partial charge >= 0.3 is 5.97 Å². The van der Waals surface area contributed by atoms with E-state index in [1.807, 2.05) is 36.4 Å². The molecule has 0 bridgehead atoms. The molecule has 6 heteroatoms. The van der Waals surface area contributed by atoms with E-state index in [-0.39, 0.29) is 28.6 Å². The van der Waals surface area contributed by atoms with Gasteiger partial charge in [-0.05, 0) is 41.9 Å². The molecule has 1 aliphatic rings. The maximum Gasteiger partial charge on any atom is 0.330 e. The highest BCUT2D eigenvalue weighted by molar-refractivity contribution is 8.00. The number of ether oxygens (including phenoxy) is 2. The molecule has 0 unspecified atom stereocenters. The molecule has 0 aromatic heterocycles. The minimum atomic E-state index is -0.810. The Bertz CT molecular complexity index is 950. The van der Waals surface area contributed by atoms with Crippen molar-refractivity contribution in [2.75, 3.05) is 13.7 Å². The Morgan fingerprint density at radius 1 is 1.06 bits per heavy atom. The van der Waals surface area contributed by atoms with Crippen LogP contribution < -0.4 is 5.32 Å². The Kier molecular flexibility index (Phi) is 9.81. The van der Waals surface area contributed by atoms with Crippen LogP contribution in [0.15, 0.2) is 65.6 Å². The van der Waals surface area contributed by atoms with Crippen molar-refractivity contribution in [2.45, 2.75) is 74.7 Å². The third kappa shape index (κ3) is 7.34. The van der Waals surface area contributed by atoms with Crippen LogP contribution in [0.2, 0.25) is 0 Å². The van der Waals surface area contributed by atoms with E-state index in [4.69, 9.17) is 9.47 Å². The van der Waals surface area contributed by atoms with Gasteiger partial charge in [0, 0.05) is 24.8 Å². The van der Waals surface area contributed by atoms with Gasteiger partial charge in [-0.3, -0.25) is 4.79 Å². The van der Waals surface area contributed by atoms with Gasteiger partial charge in [0.2, 0.25) is 5.91 Å². The number of hydrogen-bond donors (Lipinski definition) is 1. The number of esters is 1. The molecule has 2 aromatic rings. The summed E-state index contributed by atoms with van der Waals surface area (Å²) in [4.78, 5) is 26.8. The average Bonchev–Trinajstić information content (AvgIpc) is 2.83. The third-order valence-corrected chi connectivity index (χ3v) is 8.37. The number of carbonyl (C=O) groups excluding carboxylic acids is 2. The minimum absolute atomic E-state index is 0.152. The Labute approximate surface area is 214 Å². The van der Waals surface area contributed by atoms with Crippen LogP contribution in [0.3, 0.4) is 0 Å². The van der Waals surface area contributed by atoms with Gasteiger partial charge in [0.1, 0.15) is 12.1 Å². The molecule has 0 radical (unpaired) electrons. The second kappa shape index (κ2) is 12.6. The molecular formula is C29H39NO4S. The first kappa shape index (κ1) is 27.3. The first-order chi connectivity index (χ1) is 16.7. The van der Waals surface area contributed by atoms with E-state index in [2.05, 4.69) is 50.4 Å². The van der Waals surface area contributed by atoms with Gasteiger partial charge in [-0.25, -0.2) is 4.79 Å². The SMILES string of the molecule is COC[C@@H](Sc1ccccc1)[C@H](NC(C)=O)C(=O)O[C@@H]1C[C@H](C)CC[C@H]1C(C)(C)c1ccccc1. The fourth-order valence-corrected chi connectivity index (χ4v) is 6.33. The van der Waals surface area contributed by atoms with Gasteiger partial charge in [-0.1, -0.05) is 75.7 Å². The molecule has 0 aliphatic heterocycles. The summed E-state index contributed by atoms with van der Waals surface area (Å²) in [5.41, 5.74) is 1.09. The zero-order valence-corrected chi connectivity index (χ0v) is 22.3. The number of carbonyl (C=O) groups is 2. The number of amides is 1. The van der Waals surface area contributed by atoms with Gasteiger partial charge in [0.25, 0.3) is 0 Å². The standard InChI is InChI=1S/C29H39NO4S/c1-20-16-17-24(29(3,4)22-12-8-6-9-13-22)25(18-20)34-28(32)27(30-21(2)31)26(19-33-5)35-23-14-10-7-11-15-23/h6-15,20,24-27H,16-19H2,1-5H3,(H,30,31)/t20-,24-,25-,26-,27+/m1/s1. The molecule has 190 valence electrons. The lowest BCUT2D eigenvalue weighted by Crippen LogP contribution is -2.52. The Morgan fingerprint density at radius 2 is 1.69 bits per heavy atom. The summed E-state index contributed by atoms with van der Waals surface area (Å²) in [5.74, 6) is 0.00696. The van der Waals surface area contributed by atoms with E-state index in [0.717, 1.165) is 24.2 Å². The lowest BCUT2D eigenvalue weighted by molar-refractivity contribution is -0.160. The molecule has 1 amide bonds. The smallest absolute Gasteiger partial charge is 0.330 e. The van der Waals surface area contributed by atoms with Gasteiger partial charge in [-0.2, -0.15) is 0 Å². The van der Waals surface area contributed by atoms with Crippen molar-refractivity contribution < 1.29 is 19.1 Å². The summed E-state index contributed by atoms with van der Waals surface area (Å²) in [7, 11) is 1.61. The second-order valence-corrected chi connectivity index (χ2v) is 11.5. The van der Waals surface area contributed by atoms with E-state index < -0.39 is 12.0 Å². The molecule has 1 N–H and O–H groups in total. The van der Waals surface area contributed by atoms with E-state index in [1.165, 1.54) is 24.2 Å². The van der Waals surface area contributed by atoms with Crippen molar-refractivity contribution in [3.8, 4) is 0 Å². The van der Waals surface area contributed by atoms with Gasteiger partial charge in [0.05, 0.1) is 11.9 Å². The lowest BCUT2D eigenvalue weighted by atomic mass is 9.64. The molecule has 3 rings (SSSR count). The molecule has 0 saturated heterocycles. The summed E-state index contributed by atoms with van der Waals surface area (Å²) in [6.45, 7) is 8.44. The summed E-state index contributed by atoms with van der Waals surface area (Å²) in [6.07, 6.45) is 2.70. The van der Waals surface area contributed by atoms with Crippen molar-refractivity contribution in [3.63, 3.8) is 0 Å². The van der Waals surface area contributed by atoms with Crippen LogP contribution in [0.1, 0.15) is 52.5 Å². The molecule has 1 aliphatic carbocycles. The molecular weight excluding hydrogens is 458 g/mol. The van der Waals surface area contributed by atoms with E-state index >= 15 is 0 Å². The molecule has 1 fully saturated rings. The predicted octanol–water partition coefficient (Wildman–Crippen LogP) is 5.62. The number of hydrogen-bond acceptors (Lipinski definition) is 5. The third-order valence-electron chi connectivity index (χ3n) is 7.11. The molecule has 5 atom stereocenters. The quantitative estimate of drug-likeness (QED) is 0.341. The van der Waals surface area contributed by atoms with Crippen LogP contribution in [-0.4, -0.2) is 43.0 Å². The fraction of sp³-hybridized carbons (Fsp3) is 0.517. The second-order valence-electron chi connectivity index (χ2n) is 10.2. The maximum absolute atomic E-state index is 13.7. The van der Waals surface area contributed by atoms with Crippen LogP contribution in [0.4, 0.5) is 0 Å². The molecule has 5 nitrogen and oxygen atoms in total. The highest BCUT2D eigenvalue weighted by Gasteiger charge is 2.43. The van der Waals surface area contributed by atoms with E-state index in [1.54, 1.807) is 7.11 Å². The Morgan fingerprint density at radius 3 is 2.29 bits per heavy atom. The first-order valence-electron chi connectivity index (χ1n) is 12.5. The van der Waals surface area contributed by atoms with Crippen molar-refractivity contribution in [3.05, 3.63) is 66.2 Å². The van der Waals surface area contributed by atoms with Crippen LogP contribution in [0, 0.1) is 11.8 Å². The lowest BCUT2D eigenvalue weighted by Gasteiger charge is -2.44. The highest BCUT2D eigenvalue weighted by atomic mass is 32.2. The van der Waals surface area contributed by atoms with Crippen molar-refractivity contribution in [1.29, 1.82) is 0 Å². The van der Waals surface area contributed by atoms with Gasteiger partial charge in [0.15, 0.2) is 0 Å². The van der Waals surface area contributed by atoms with Crippen LogP contribution in [0.5, 0.6) is 0 Å². The zero-order chi connectivity index (χ0) is 25.4. The van der Waals surface area contributed by atoms with Crippen molar-refractivity contribution in [2.24, 2.45) is 11.8 Å². The monoisotopic (exact) mass is 497 g/mol. The van der Waals surface area contributed by atoms with Gasteiger partial charge in [-0.15, -0.1) is 11.8 Å². The molecule has 1 saturated carbocycles. The topological polar surface area (TPSA) is 64.6 Å². The Balaban J connectivity index is 1.84. The zero-order valence-electron chi connectivity index (χ0n) is 21.5. The normalized spacial score (nSPS) is 22.1. The first-order valence-corrected chi connectivity index (χ1v) is 13.3. The number of rotatable bonds is 10. The summed E-state index contributed by atoms with van der Waals surface area (Å²) in [6, 6.07) is 19.5. The van der Waals surface area contributed by atoms with Crippen molar-refractivity contribution in [1.82, 2.24) is 5.32 Å². The van der Waals surface area contributed by atoms with E-state index in [9.17, 15) is 9.59 Å².